The molecule has 0 aliphatic carbocycles. The minimum Gasteiger partial charge on any atom is -0.512 e. The van der Waals surface area contributed by atoms with Crippen LogP contribution < -0.4 is 0 Å². The van der Waals surface area contributed by atoms with E-state index in [1.165, 1.54) is 0 Å². The lowest BCUT2D eigenvalue weighted by Gasteiger charge is -1.99. The predicted octanol–water partition coefficient (Wildman–Crippen LogP) is 2.04. The van der Waals surface area contributed by atoms with E-state index in [0.717, 1.165) is 10.9 Å². The third kappa shape index (κ3) is 1.71. The van der Waals surface area contributed by atoms with Gasteiger partial charge in [0.2, 0.25) is 0 Å². The average molecular weight is 185 g/mol. The molecule has 3 heteroatoms. The number of hydrogen-bond donors (Lipinski definition) is 1. The predicted molar refractivity (Wildman–Crippen MR) is 53.8 cm³/mol. The minimum atomic E-state index is 0.0636. The van der Waals surface area contributed by atoms with E-state index >= 15 is 0 Å². The van der Waals surface area contributed by atoms with Gasteiger partial charge >= 0.3 is 0 Å². The Morgan fingerprint density at radius 3 is 3.00 bits per heavy atom. The first-order valence-corrected chi connectivity index (χ1v) is 4.26. The Balaban J connectivity index is 2.46. The van der Waals surface area contributed by atoms with Crippen LogP contribution in [-0.4, -0.2) is 15.1 Å². The molecule has 0 amide bonds. The van der Waals surface area contributed by atoms with Crippen molar-refractivity contribution in [2.75, 3.05) is 0 Å². The van der Waals surface area contributed by atoms with Gasteiger partial charge in [-0.15, -0.1) is 0 Å². The molecule has 3 nitrogen and oxygen atoms in total. The Kier molecular flexibility index (Phi) is 2.14. The molecule has 1 aromatic carbocycles. The van der Waals surface area contributed by atoms with Crippen molar-refractivity contribution < 1.29 is 5.11 Å². The summed E-state index contributed by atoms with van der Waals surface area (Å²) in [6.45, 7) is 3.39. The van der Waals surface area contributed by atoms with Gasteiger partial charge in [0.05, 0.1) is 17.7 Å². The van der Waals surface area contributed by atoms with E-state index in [1.807, 2.05) is 24.3 Å². The van der Waals surface area contributed by atoms with Crippen LogP contribution in [0.3, 0.4) is 0 Å². The lowest BCUT2D eigenvalue weighted by Crippen LogP contribution is -1.96. The van der Waals surface area contributed by atoms with E-state index in [2.05, 4.69) is 22.7 Å². The lowest BCUT2D eigenvalue weighted by molar-refractivity contribution is 0.398. The fourth-order valence-electron chi connectivity index (χ4n) is 1.22. The zero-order valence-electron chi connectivity index (χ0n) is 7.57. The second kappa shape index (κ2) is 3.46. The van der Waals surface area contributed by atoms with Gasteiger partial charge in [-0.05, 0) is 6.07 Å². The fourth-order valence-corrected chi connectivity index (χ4v) is 1.22. The Labute approximate surface area is 81.8 Å². The van der Waals surface area contributed by atoms with Crippen molar-refractivity contribution in [3.05, 3.63) is 48.6 Å². The number of para-hydroxylation sites is 1. The molecule has 0 saturated heterocycles. The van der Waals surface area contributed by atoms with Crippen molar-refractivity contribution in [1.29, 1.82) is 0 Å². The van der Waals surface area contributed by atoms with Crippen molar-refractivity contribution >= 4 is 10.9 Å². The van der Waals surface area contributed by atoms with Crippen LogP contribution in [0.5, 0.6) is 0 Å². The Hall–Kier alpha value is -1.90. The summed E-state index contributed by atoms with van der Waals surface area (Å²) < 4.78 is 0. The lowest BCUT2D eigenvalue weighted by atomic mass is 10.2. The highest BCUT2D eigenvalue weighted by Crippen LogP contribution is 2.09. The summed E-state index contributed by atoms with van der Waals surface area (Å²) >= 11 is 0. The van der Waals surface area contributed by atoms with Crippen LogP contribution in [0.25, 0.3) is 10.9 Å². The van der Waals surface area contributed by atoms with Gasteiger partial charge in [0, 0.05) is 5.39 Å². The molecule has 0 spiro atoms. The molecule has 1 N–H and O–H groups in total. The summed E-state index contributed by atoms with van der Waals surface area (Å²) in [7, 11) is 0. The molecule has 1 heterocycles. The molecule has 0 bridgehead atoms. The molecule has 0 atom stereocenters. The zero-order chi connectivity index (χ0) is 9.97. The second-order valence-electron chi connectivity index (χ2n) is 3.01. The largest absolute Gasteiger partial charge is 0.512 e. The Bertz CT molecular complexity index is 479. The van der Waals surface area contributed by atoms with Crippen LogP contribution >= 0.6 is 0 Å². The van der Waals surface area contributed by atoms with Gasteiger partial charge < -0.3 is 5.11 Å². The fraction of sp³-hybridized carbons (Fsp3) is 0.0909. The summed E-state index contributed by atoms with van der Waals surface area (Å²) in [5.41, 5.74) is 0.832. The minimum absolute atomic E-state index is 0.0636. The molecule has 1 aromatic heterocycles. The summed E-state index contributed by atoms with van der Waals surface area (Å²) in [6.07, 6.45) is 3.14. The van der Waals surface area contributed by atoms with Gasteiger partial charge in [-0.3, -0.25) is 0 Å². The summed E-state index contributed by atoms with van der Waals surface area (Å²) in [4.78, 5) is 8.24. The number of benzene rings is 1. The van der Waals surface area contributed by atoms with Gasteiger partial charge in [0.25, 0.3) is 0 Å². The van der Waals surface area contributed by atoms with Gasteiger partial charge in [0.15, 0.2) is 0 Å². The van der Waals surface area contributed by atoms with Crippen LogP contribution in [0.1, 0.15) is 5.82 Å². The normalized spacial score (nSPS) is 10.3. The molecule has 2 aromatic rings. The van der Waals surface area contributed by atoms with Crippen LogP contribution in [0, 0.1) is 6.20 Å². The maximum atomic E-state index is 8.99. The monoisotopic (exact) mass is 185 g/mol. The van der Waals surface area contributed by atoms with Crippen LogP contribution in [0.15, 0.2) is 36.6 Å². The number of allylic oxidation sites excluding steroid dienone is 1. The molecule has 0 aliphatic rings. The zero-order valence-corrected chi connectivity index (χ0v) is 7.57. The second-order valence-corrected chi connectivity index (χ2v) is 3.01. The van der Waals surface area contributed by atoms with Crippen LogP contribution in [-0.2, 0) is 6.42 Å². The molecule has 69 valence electrons. The standard InChI is InChI=1S/C11H9N2O/c1-8(14)6-11-12-7-9-4-2-3-5-10(9)13-11/h2-5,14H,1,6H2. The quantitative estimate of drug-likeness (QED) is 0.728. The Morgan fingerprint density at radius 1 is 1.43 bits per heavy atom. The number of fused-ring (bicyclic) bond motifs is 1. The van der Waals surface area contributed by atoms with Gasteiger partial charge in [0.1, 0.15) is 12.0 Å². The van der Waals surface area contributed by atoms with Crippen molar-refractivity contribution in [3.8, 4) is 0 Å². The highest BCUT2D eigenvalue weighted by molar-refractivity contribution is 5.76. The summed E-state index contributed by atoms with van der Waals surface area (Å²) in [5, 5.41) is 9.86. The van der Waals surface area contributed by atoms with E-state index in [0.29, 0.717) is 5.82 Å². The van der Waals surface area contributed by atoms with Crippen molar-refractivity contribution in [2.45, 2.75) is 6.42 Å². The highest BCUT2D eigenvalue weighted by Gasteiger charge is 2.00. The van der Waals surface area contributed by atoms with Crippen LogP contribution in [0.4, 0.5) is 0 Å². The van der Waals surface area contributed by atoms with E-state index in [4.69, 9.17) is 5.11 Å². The number of hydrogen-bond acceptors (Lipinski definition) is 3. The van der Waals surface area contributed by atoms with Crippen molar-refractivity contribution in [3.63, 3.8) is 0 Å². The van der Waals surface area contributed by atoms with Crippen molar-refractivity contribution in [1.82, 2.24) is 9.97 Å². The van der Waals surface area contributed by atoms with Crippen molar-refractivity contribution in [2.24, 2.45) is 0 Å². The highest BCUT2D eigenvalue weighted by atomic mass is 16.3. The number of rotatable bonds is 2. The van der Waals surface area contributed by atoms with E-state index < -0.39 is 0 Å². The summed E-state index contributed by atoms with van der Waals surface area (Å²) in [5.74, 6) is 0.602. The molecule has 14 heavy (non-hydrogen) atoms. The smallest absolute Gasteiger partial charge is 0.137 e. The maximum absolute atomic E-state index is 8.99. The topological polar surface area (TPSA) is 46.0 Å². The molecule has 0 unspecified atom stereocenters. The average Bonchev–Trinajstić information content (AvgIpc) is 2.17. The number of aromatic nitrogens is 2. The first-order valence-electron chi connectivity index (χ1n) is 4.26. The first-order chi connectivity index (χ1) is 6.75. The molecule has 0 saturated carbocycles. The molecule has 2 rings (SSSR count). The number of nitrogens with zero attached hydrogens (tertiary/aromatic N) is 2. The SMILES string of the molecule is C=C(O)Cc1n[c]c2ccccc2n1. The van der Waals surface area contributed by atoms with Gasteiger partial charge in [-0.25, -0.2) is 9.97 Å². The molecule has 1 radical (unpaired) electrons. The first kappa shape index (κ1) is 8.69. The van der Waals surface area contributed by atoms with Gasteiger partial charge in [-0.1, -0.05) is 24.8 Å². The molecular weight excluding hydrogens is 176 g/mol. The third-order valence-electron chi connectivity index (χ3n) is 1.82. The van der Waals surface area contributed by atoms with E-state index in [-0.39, 0.29) is 12.2 Å². The molecular formula is C11H9N2O. The van der Waals surface area contributed by atoms with E-state index in [1.54, 1.807) is 0 Å². The number of aliphatic hydroxyl groups excluding tert-OH is 1. The number of aliphatic hydroxyl groups is 1. The molecule has 0 aliphatic heterocycles. The van der Waals surface area contributed by atoms with Crippen LogP contribution in [0.2, 0.25) is 0 Å². The van der Waals surface area contributed by atoms with E-state index in [9.17, 15) is 0 Å². The molecule has 0 fully saturated rings. The third-order valence-corrected chi connectivity index (χ3v) is 1.82. The van der Waals surface area contributed by atoms with Gasteiger partial charge in [-0.2, -0.15) is 0 Å². The maximum Gasteiger partial charge on any atom is 0.137 e. The Morgan fingerprint density at radius 2 is 2.21 bits per heavy atom. The summed E-state index contributed by atoms with van der Waals surface area (Å²) in [6, 6.07) is 7.59.